The van der Waals surface area contributed by atoms with Crippen LogP contribution in [0.1, 0.15) is 27.7 Å². The van der Waals surface area contributed by atoms with E-state index in [0.717, 1.165) is 10.8 Å². The molecule has 120 valence electrons. The molecule has 0 saturated heterocycles. The molecule has 0 radical (unpaired) electrons. The number of halogens is 1. The minimum atomic E-state index is -0.926. The fourth-order valence-electron chi connectivity index (χ4n) is 2.40. The Morgan fingerprint density at radius 1 is 1.09 bits per heavy atom. The van der Waals surface area contributed by atoms with E-state index in [4.69, 9.17) is 16.3 Å². The van der Waals surface area contributed by atoms with Gasteiger partial charge < -0.3 is 9.76 Å². The van der Waals surface area contributed by atoms with Gasteiger partial charge in [-0.15, -0.1) is 11.3 Å². The zero-order valence-electron chi connectivity index (χ0n) is 13.8. The van der Waals surface area contributed by atoms with Crippen LogP contribution in [0.4, 0.5) is 0 Å². The van der Waals surface area contributed by atoms with Crippen molar-refractivity contribution in [2.45, 2.75) is 38.9 Å². The summed E-state index contributed by atoms with van der Waals surface area (Å²) in [7, 11) is 0.418. The lowest BCUT2D eigenvalue weighted by atomic mass is 9.82. The van der Waals surface area contributed by atoms with Crippen molar-refractivity contribution in [1.82, 2.24) is 0 Å². The molecule has 2 aromatic carbocycles. The molecule has 3 rings (SSSR count). The van der Waals surface area contributed by atoms with Crippen molar-refractivity contribution in [3.63, 3.8) is 0 Å². The summed E-state index contributed by atoms with van der Waals surface area (Å²) in [4.78, 5) is 0. The number of thiophene rings is 1. The van der Waals surface area contributed by atoms with Gasteiger partial charge in [0.05, 0.1) is 11.2 Å². The first-order chi connectivity index (χ1) is 10.7. The van der Waals surface area contributed by atoms with Gasteiger partial charge in [0.25, 0.3) is 0 Å². The quantitative estimate of drug-likeness (QED) is 0.716. The molecule has 1 N–H and O–H groups in total. The van der Waals surface area contributed by atoms with Crippen molar-refractivity contribution in [3.05, 3.63) is 41.4 Å². The van der Waals surface area contributed by atoms with Gasteiger partial charge in [0.15, 0.2) is 0 Å². The lowest BCUT2D eigenvalue weighted by molar-refractivity contribution is -0.0893. The molecule has 5 heteroatoms. The Morgan fingerprint density at radius 2 is 1.78 bits per heavy atom. The molecule has 0 fully saturated rings. The molecule has 3 aromatic rings. The van der Waals surface area contributed by atoms with Gasteiger partial charge in [-0.05, 0) is 51.4 Å². The van der Waals surface area contributed by atoms with Gasteiger partial charge in [-0.1, -0.05) is 29.8 Å². The zero-order valence-corrected chi connectivity index (χ0v) is 15.4. The third-order valence-electron chi connectivity index (χ3n) is 4.58. The first-order valence-corrected chi connectivity index (χ1v) is 8.84. The summed E-state index contributed by atoms with van der Waals surface area (Å²) in [5.41, 5.74) is -0.519. The third kappa shape index (κ3) is 3.13. The molecule has 0 atom stereocenters. The van der Waals surface area contributed by atoms with Gasteiger partial charge in [0.1, 0.15) is 0 Å². The van der Waals surface area contributed by atoms with Crippen LogP contribution < -0.4 is 5.46 Å². The maximum absolute atomic E-state index is 10.3. The monoisotopic (exact) mass is 346 g/mol. The maximum atomic E-state index is 10.3. The molecule has 0 amide bonds. The molecule has 0 saturated carbocycles. The molecular weight excluding hydrogens is 327 g/mol. The van der Waals surface area contributed by atoms with E-state index in [1.54, 1.807) is 25.2 Å². The second-order valence-electron chi connectivity index (χ2n) is 6.90. The highest BCUT2D eigenvalue weighted by molar-refractivity contribution is 7.27. The fourth-order valence-corrected chi connectivity index (χ4v) is 3.82. The van der Waals surface area contributed by atoms with Crippen molar-refractivity contribution >= 4 is 56.1 Å². The Kier molecular flexibility index (Phi) is 4.22. The van der Waals surface area contributed by atoms with Gasteiger partial charge in [-0.2, -0.15) is 0 Å². The predicted molar refractivity (Wildman–Crippen MR) is 103 cm³/mol. The van der Waals surface area contributed by atoms with E-state index in [-0.39, 0.29) is 0 Å². The van der Waals surface area contributed by atoms with Crippen LogP contribution in [0.5, 0.6) is 0 Å². The smallest absolute Gasteiger partial charge is 0.310 e. The van der Waals surface area contributed by atoms with Crippen molar-refractivity contribution in [2.75, 3.05) is 0 Å². The average Bonchev–Trinajstić information content (AvgIpc) is 2.82. The molecule has 1 aromatic heterocycles. The standard InChI is InChI=1S/C18H20BClO2S/c1-17(2,21)18(3,4)22-19-14-10-11(20)9-13-12-7-5-6-8-15(12)23-16(13)14/h5-10,19,21H,1-4H3. The number of rotatable bonds is 4. The SMILES string of the molecule is CC(C)(O)C(C)(C)OBc1cc(Cl)cc2c1sc1ccccc12. The fraction of sp³-hybridized carbons (Fsp3) is 0.333. The Balaban J connectivity index is 2.04. The van der Waals surface area contributed by atoms with Gasteiger partial charge in [0.2, 0.25) is 0 Å². The molecule has 0 aliphatic rings. The predicted octanol–water partition coefficient (Wildman–Crippen LogP) is 4.25. The second-order valence-corrected chi connectivity index (χ2v) is 8.39. The normalized spacial score (nSPS) is 13.0. The van der Waals surface area contributed by atoms with Crippen LogP contribution in [0.25, 0.3) is 20.2 Å². The number of aliphatic hydroxyl groups is 1. The van der Waals surface area contributed by atoms with E-state index in [1.807, 2.05) is 38.1 Å². The molecule has 1 heterocycles. The Hall–Kier alpha value is -1.07. The molecule has 0 spiro atoms. The maximum Gasteiger partial charge on any atom is 0.310 e. The molecule has 2 nitrogen and oxygen atoms in total. The van der Waals surface area contributed by atoms with Crippen molar-refractivity contribution in [3.8, 4) is 0 Å². The summed E-state index contributed by atoms with van der Waals surface area (Å²) in [5, 5.41) is 13.4. The van der Waals surface area contributed by atoms with Crippen molar-refractivity contribution in [2.24, 2.45) is 0 Å². The topological polar surface area (TPSA) is 29.5 Å². The zero-order chi connectivity index (χ0) is 16.8. The van der Waals surface area contributed by atoms with Crippen LogP contribution in [-0.4, -0.2) is 23.8 Å². The summed E-state index contributed by atoms with van der Waals surface area (Å²) in [5.74, 6) is 0. The summed E-state index contributed by atoms with van der Waals surface area (Å²) in [6.07, 6.45) is 0. The largest absolute Gasteiger partial charge is 0.427 e. The van der Waals surface area contributed by atoms with Crippen LogP contribution in [-0.2, 0) is 4.65 Å². The van der Waals surface area contributed by atoms with Gasteiger partial charge in [-0.3, -0.25) is 0 Å². The van der Waals surface area contributed by atoms with Crippen LogP contribution in [0.2, 0.25) is 5.02 Å². The number of benzene rings is 2. The number of hydrogen-bond donors (Lipinski definition) is 1. The summed E-state index contributed by atoms with van der Waals surface area (Å²) < 4.78 is 8.48. The minimum Gasteiger partial charge on any atom is -0.427 e. The van der Waals surface area contributed by atoms with E-state index >= 15 is 0 Å². The molecule has 0 unspecified atom stereocenters. The third-order valence-corrected chi connectivity index (χ3v) is 6.06. The summed E-state index contributed by atoms with van der Waals surface area (Å²) in [6.45, 7) is 7.33. The van der Waals surface area contributed by atoms with Gasteiger partial charge in [0, 0.05) is 25.2 Å². The van der Waals surface area contributed by atoms with E-state index in [0.29, 0.717) is 12.5 Å². The Morgan fingerprint density at radius 3 is 2.48 bits per heavy atom. The lowest BCUT2D eigenvalue weighted by Crippen LogP contribution is -2.49. The highest BCUT2D eigenvalue weighted by Crippen LogP contribution is 2.34. The highest BCUT2D eigenvalue weighted by Gasteiger charge is 2.35. The average molecular weight is 347 g/mol. The van der Waals surface area contributed by atoms with E-state index in [9.17, 15) is 5.11 Å². The van der Waals surface area contributed by atoms with Crippen LogP contribution in [0.15, 0.2) is 36.4 Å². The van der Waals surface area contributed by atoms with Crippen molar-refractivity contribution < 1.29 is 9.76 Å². The minimum absolute atomic E-state index is 0.418. The molecule has 23 heavy (non-hydrogen) atoms. The first kappa shape index (κ1) is 16.8. The lowest BCUT2D eigenvalue weighted by Gasteiger charge is -2.37. The molecule has 0 bridgehead atoms. The summed E-state index contributed by atoms with van der Waals surface area (Å²) >= 11 is 8.07. The molecular formula is C18H20BClO2S. The van der Waals surface area contributed by atoms with Crippen molar-refractivity contribution in [1.29, 1.82) is 0 Å². The van der Waals surface area contributed by atoms with E-state index < -0.39 is 11.2 Å². The number of fused-ring (bicyclic) bond motifs is 3. The highest BCUT2D eigenvalue weighted by atomic mass is 35.5. The Bertz CT molecular complexity index is 864. The summed E-state index contributed by atoms with van der Waals surface area (Å²) in [6, 6.07) is 12.3. The molecule has 0 aliphatic carbocycles. The van der Waals surface area contributed by atoms with Crippen LogP contribution in [0.3, 0.4) is 0 Å². The Labute approximate surface area is 146 Å². The van der Waals surface area contributed by atoms with Crippen LogP contribution in [0, 0.1) is 0 Å². The number of hydrogen-bond acceptors (Lipinski definition) is 3. The first-order valence-electron chi connectivity index (χ1n) is 7.65. The van der Waals surface area contributed by atoms with Gasteiger partial charge >= 0.3 is 7.48 Å². The van der Waals surface area contributed by atoms with Gasteiger partial charge in [-0.25, -0.2) is 0 Å². The van der Waals surface area contributed by atoms with Crippen LogP contribution >= 0.6 is 22.9 Å². The van der Waals surface area contributed by atoms with E-state index in [2.05, 4.69) is 12.1 Å². The van der Waals surface area contributed by atoms with E-state index in [1.165, 1.54) is 14.8 Å². The second kappa shape index (κ2) is 5.78. The molecule has 0 aliphatic heterocycles.